The predicted octanol–water partition coefficient (Wildman–Crippen LogP) is 2.31. The molecule has 1 saturated heterocycles. The second kappa shape index (κ2) is 6.00. The van der Waals surface area contributed by atoms with Crippen LogP contribution >= 0.6 is 0 Å². The molecule has 5 heteroatoms. The quantitative estimate of drug-likeness (QED) is 0.770. The van der Waals surface area contributed by atoms with Gasteiger partial charge in [0.1, 0.15) is 0 Å². The third-order valence-electron chi connectivity index (χ3n) is 3.02. The van der Waals surface area contributed by atoms with Crippen molar-refractivity contribution in [3.8, 4) is 0 Å². The fraction of sp³-hybridized carbons (Fsp3) is 0.692. The second-order valence-electron chi connectivity index (χ2n) is 4.32. The molecule has 5 nitrogen and oxygen atoms in total. The van der Waals surface area contributed by atoms with Gasteiger partial charge in [0.2, 0.25) is 11.7 Å². The second-order valence-corrected chi connectivity index (χ2v) is 4.32. The van der Waals surface area contributed by atoms with E-state index in [2.05, 4.69) is 4.98 Å². The molecule has 0 spiro atoms. The number of aryl methyl sites for hydroxylation is 1. The zero-order chi connectivity index (χ0) is 13.0. The van der Waals surface area contributed by atoms with Crippen LogP contribution in [0.15, 0.2) is 4.42 Å². The first-order valence-electron chi connectivity index (χ1n) is 6.50. The standard InChI is InChI=1S/C13H19NO4/c1-3-10-11(13(15)17-4-2)18-12(14-10)9-6-5-7-16-8-9/h9H,3-8H2,1-2H3. The van der Waals surface area contributed by atoms with Crippen molar-refractivity contribution in [2.24, 2.45) is 0 Å². The number of oxazole rings is 1. The summed E-state index contributed by atoms with van der Waals surface area (Å²) in [6, 6.07) is 0. The summed E-state index contributed by atoms with van der Waals surface area (Å²) in [6.07, 6.45) is 2.65. The van der Waals surface area contributed by atoms with E-state index >= 15 is 0 Å². The molecule has 0 amide bonds. The molecule has 2 rings (SSSR count). The zero-order valence-corrected chi connectivity index (χ0v) is 10.9. The number of hydrogen-bond donors (Lipinski definition) is 0. The van der Waals surface area contributed by atoms with Gasteiger partial charge in [0.15, 0.2) is 0 Å². The number of carbonyl (C=O) groups excluding carboxylic acids is 1. The van der Waals surface area contributed by atoms with Gasteiger partial charge in [-0.1, -0.05) is 6.92 Å². The van der Waals surface area contributed by atoms with E-state index in [9.17, 15) is 4.79 Å². The van der Waals surface area contributed by atoms with Gasteiger partial charge >= 0.3 is 5.97 Å². The van der Waals surface area contributed by atoms with Crippen LogP contribution in [-0.4, -0.2) is 30.8 Å². The molecule has 0 N–H and O–H groups in total. The van der Waals surface area contributed by atoms with Gasteiger partial charge in [0, 0.05) is 6.61 Å². The van der Waals surface area contributed by atoms with Crippen LogP contribution in [-0.2, 0) is 15.9 Å². The molecule has 1 aliphatic heterocycles. The Labute approximate surface area is 106 Å². The summed E-state index contributed by atoms with van der Waals surface area (Å²) in [4.78, 5) is 16.1. The van der Waals surface area contributed by atoms with E-state index in [1.54, 1.807) is 6.92 Å². The number of nitrogens with zero attached hydrogens (tertiary/aromatic N) is 1. The van der Waals surface area contributed by atoms with Crippen molar-refractivity contribution in [3.05, 3.63) is 17.3 Å². The highest BCUT2D eigenvalue weighted by Gasteiger charge is 2.26. The Balaban J connectivity index is 2.19. The Morgan fingerprint density at radius 1 is 1.50 bits per heavy atom. The van der Waals surface area contributed by atoms with Crippen LogP contribution in [0.1, 0.15) is 54.7 Å². The minimum Gasteiger partial charge on any atom is -0.460 e. The highest BCUT2D eigenvalue weighted by atomic mass is 16.5. The summed E-state index contributed by atoms with van der Waals surface area (Å²) in [5, 5.41) is 0. The van der Waals surface area contributed by atoms with Crippen molar-refractivity contribution < 1.29 is 18.7 Å². The molecule has 1 aromatic rings. The van der Waals surface area contributed by atoms with Crippen molar-refractivity contribution >= 4 is 5.97 Å². The number of ether oxygens (including phenoxy) is 2. The van der Waals surface area contributed by atoms with Crippen LogP contribution < -0.4 is 0 Å². The lowest BCUT2D eigenvalue weighted by Crippen LogP contribution is -2.15. The predicted molar refractivity (Wildman–Crippen MR) is 64.6 cm³/mol. The number of esters is 1. The highest BCUT2D eigenvalue weighted by molar-refractivity contribution is 5.87. The van der Waals surface area contributed by atoms with Crippen LogP contribution in [0.25, 0.3) is 0 Å². The largest absolute Gasteiger partial charge is 0.460 e. The maximum atomic E-state index is 11.7. The summed E-state index contributed by atoms with van der Waals surface area (Å²) >= 11 is 0. The summed E-state index contributed by atoms with van der Waals surface area (Å²) < 4.78 is 16.0. The van der Waals surface area contributed by atoms with Crippen LogP contribution in [0.2, 0.25) is 0 Å². The molecule has 2 heterocycles. The summed E-state index contributed by atoms with van der Waals surface area (Å²) in [5.41, 5.74) is 0.675. The number of rotatable bonds is 4. The summed E-state index contributed by atoms with van der Waals surface area (Å²) in [6.45, 7) is 5.47. The first-order valence-corrected chi connectivity index (χ1v) is 6.50. The van der Waals surface area contributed by atoms with E-state index in [-0.39, 0.29) is 11.7 Å². The number of carbonyl (C=O) groups is 1. The smallest absolute Gasteiger partial charge is 0.376 e. The topological polar surface area (TPSA) is 61.6 Å². The van der Waals surface area contributed by atoms with E-state index in [0.29, 0.717) is 31.2 Å². The van der Waals surface area contributed by atoms with Crippen LogP contribution in [0.5, 0.6) is 0 Å². The van der Waals surface area contributed by atoms with Crippen LogP contribution in [0.3, 0.4) is 0 Å². The van der Waals surface area contributed by atoms with Crippen molar-refractivity contribution in [1.82, 2.24) is 4.98 Å². The minimum absolute atomic E-state index is 0.159. The molecule has 18 heavy (non-hydrogen) atoms. The molecular weight excluding hydrogens is 234 g/mol. The lowest BCUT2D eigenvalue weighted by atomic mass is 10.0. The maximum Gasteiger partial charge on any atom is 0.376 e. The molecule has 1 atom stereocenters. The van der Waals surface area contributed by atoms with Crippen LogP contribution in [0, 0.1) is 0 Å². The lowest BCUT2D eigenvalue weighted by molar-refractivity contribution is 0.0473. The van der Waals surface area contributed by atoms with E-state index < -0.39 is 5.97 Å². The highest BCUT2D eigenvalue weighted by Crippen LogP contribution is 2.27. The molecule has 1 aliphatic rings. The fourth-order valence-electron chi connectivity index (χ4n) is 2.08. The molecule has 0 saturated carbocycles. The summed E-state index contributed by atoms with van der Waals surface area (Å²) in [5.74, 6) is 0.589. The molecule has 0 radical (unpaired) electrons. The van der Waals surface area contributed by atoms with Gasteiger partial charge in [0.05, 0.1) is 24.8 Å². The number of aromatic nitrogens is 1. The Kier molecular flexibility index (Phi) is 4.36. The third-order valence-corrected chi connectivity index (χ3v) is 3.02. The fourth-order valence-corrected chi connectivity index (χ4v) is 2.08. The molecule has 1 unspecified atom stereocenters. The van der Waals surface area contributed by atoms with Gasteiger partial charge in [-0.25, -0.2) is 9.78 Å². The number of hydrogen-bond acceptors (Lipinski definition) is 5. The van der Waals surface area contributed by atoms with Gasteiger partial charge in [-0.3, -0.25) is 0 Å². The molecule has 0 aliphatic carbocycles. The Morgan fingerprint density at radius 3 is 2.94 bits per heavy atom. The van der Waals surface area contributed by atoms with Crippen molar-refractivity contribution in [2.45, 2.75) is 39.0 Å². The third kappa shape index (κ3) is 2.72. The van der Waals surface area contributed by atoms with E-state index in [1.807, 2.05) is 6.92 Å². The molecule has 1 fully saturated rings. The van der Waals surface area contributed by atoms with Gasteiger partial charge in [0.25, 0.3) is 0 Å². The van der Waals surface area contributed by atoms with Gasteiger partial charge in [-0.15, -0.1) is 0 Å². The SMILES string of the molecule is CCOC(=O)c1oc(C2CCCOC2)nc1CC. The van der Waals surface area contributed by atoms with Gasteiger partial charge < -0.3 is 13.9 Å². The summed E-state index contributed by atoms with van der Waals surface area (Å²) in [7, 11) is 0. The first-order chi connectivity index (χ1) is 8.76. The lowest BCUT2D eigenvalue weighted by Gasteiger charge is -2.18. The molecule has 0 bridgehead atoms. The zero-order valence-electron chi connectivity index (χ0n) is 10.9. The Morgan fingerprint density at radius 2 is 2.33 bits per heavy atom. The Hall–Kier alpha value is -1.36. The minimum atomic E-state index is -0.426. The Bertz CT molecular complexity index is 407. The first kappa shape index (κ1) is 13.1. The van der Waals surface area contributed by atoms with Crippen molar-refractivity contribution in [1.29, 1.82) is 0 Å². The van der Waals surface area contributed by atoms with E-state index in [4.69, 9.17) is 13.9 Å². The average Bonchev–Trinajstić information content (AvgIpc) is 2.84. The average molecular weight is 253 g/mol. The molecule has 1 aromatic heterocycles. The van der Waals surface area contributed by atoms with Crippen LogP contribution in [0.4, 0.5) is 0 Å². The van der Waals surface area contributed by atoms with Gasteiger partial charge in [-0.05, 0) is 26.2 Å². The van der Waals surface area contributed by atoms with Gasteiger partial charge in [-0.2, -0.15) is 0 Å². The van der Waals surface area contributed by atoms with Crippen molar-refractivity contribution in [3.63, 3.8) is 0 Å². The monoisotopic (exact) mass is 253 g/mol. The van der Waals surface area contributed by atoms with E-state index in [1.165, 1.54) is 0 Å². The molecule has 0 aromatic carbocycles. The van der Waals surface area contributed by atoms with E-state index in [0.717, 1.165) is 19.4 Å². The van der Waals surface area contributed by atoms with Crippen molar-refractivity contribution in [2.75, 3.05) is 19.8 Å². The molecule has 100 valence electrons. The maximum absolute atomic E-state index is 11.7. The molecular formula is C13H19NO4. The normalized spacial score (nSPS) is 19.8.